The lowest BCUT2D eigenvalue weighted by Crippen LogP contribution is -2.28. The number of amides is 2. The van der Waals surface area contributed by atoms with Crippen molar-refractivity contribution in [1.82, 2.24) is 10.6 Å². The number of ether oxygens (including phenoxy) is 2. The number of benzene rings is 4. The average molecular weight is 485 g/mol. The maximum absolute atomic E-state index is 12.7. The van der Waals surface area contributed by atoms with Crippen molar-refractivity contribution >= 4 is 33.7 Å². The maximum atomic E-state index is 12.7. The van der Waals surface area contributed by atoms with Crippen LogP contribution in [0.3, 0.4) is 0 Å². The fourth-order valence-electron chi connectivity index (χ4n) is 4.35. The van der Waals surface area contributed by atoms with E-state index in [0.717, 1.165) is 47.2 Å². The van der Waals surface area contributed by atoms with Gasteiger partial charge in [0, 0.05) is 24.2 Å². The summed E-state index contributed by atoms with van der Waals surface area (Å²) in [5.41, 5.74) is 1.40. The second kappa shape index (κ2) is 12.1. The molecule has 2 N–H and O–H groups in total. The number of hydrogen-bond donors (Lipinski definition) is 2. The number of hydrogen-bond acceptors (Lipinski definition) is 4. The summed E-state index contributed by atoms with van der Waals surface area (Å²) in [5.74, 6) is 0.790. The van der Waals surface area contributed by atoms with Gasteiger partial charge in [-0.25, -0.2) is 9.59 Å². The Morgan fingerprint density at radius 1 is 0.639 bits per heavy atom. The molecular formula is C30H32N2O4. The van der Waals surface area contributed by atoms with Gasteiger partial charge in [-0.15, -0.1) is 0 Å². The Bertz CT molecular complexity index is 1370. The van der Waals surface area contributed by atoms with Crippen LogP contribution in [0.1, 0.15) is 39.5 Å². The molecule has 186 valence electrons. The SMILES string of the molecule is CCCCCCNC(=O)Oc1ccc2ccccc2c1-c1c(OC(=O)NCC)ccc2ccccc12. The van der Waals surface area contributed by atoms with Crippen molar-refractivity contribution in [2.75, 3.05) is 13.1 Å². The van der Waals surface area contributed by atoms with Gasteiger partial charge in [0.05, 0.1) is 0 Å². The first-order valence-electron chi connectivity index (χ1n) is 12.6. The van der Waals surface area contributed by atoms with Gasteiger partial charge in [-0.05, 0) is 47.0 Å². The molecule has 0 fully saturated rings. The van der Waals surface area contributed by atoms with Crippen molar-refractivity contribution in [3.05, 3.63) is 72.8 Å². The summed E-state index contributed by atoms with van der Waals surface area (Å²) in [5, 5.41) is 9.29. The first kappa shape index (κ1) is 25.0. The molecule has 6 heteroatoms. The highest BCUT2D eigenvalue weighted by atomic mass is 16.6. The third-order valence-electron chi connectivity index (χ3n) is 6.06. The molecule has 0 atom stereocenters. The van der Waals surface area contributed by atoms with Crippen molar-refractivity contribution in [3.8, 4) is 22.6 Å². The maximum Gasteiger partial charge on any atom is 0.412 e. The minimum Gasteiger partial charge on any atom is -0.410 e. The molecule has 0 radical (unpaired) electrons. The fraction of sp³-hybridized carbons (Fsp3) is 0.267. The molecule has 2 amide bonds. The van der Waals surface area contributed by atoms with Gasteiger partial charge in [-0.2, -0.15) is 0 Å². The van der Waals surface area contributed by atoms with Crippen LogP contribution >= 0.6 is 0 Å². The van der Waals surface area contributed by atoms with Gasteiger partial charge in [-0.3, -0.25) is 0 Å². The molecule has 0 unspecified atom stereocenters. The second-order valence-corrected chi connectivity index (χ2v) is 8.62. The lowest BCUT2D eigenvalue weighted by molar-refractivity contribution is 0.199. The Hall–Kier alpha value is -4.06. The van der Waals surface area contributed by atoms with Crippen LogP contribution in [0.2, 0.25) is 0 Å². The topological polar surface area (TPSA) is 76.7 Å². The summed E-state index contributed by atoms with van der Waals surface area (Å²) in [6.07, 6.45) is 3.20. The largest absolute Gasteiger partial charge is 0.412 e. The van der Waals surface area contributed by atoms with Crippen molar-refractivity contribution in [2.24, 2.45) is 0 Å². The van der Waals surface area contributed by atoms with E-state index in [-0.39, 0.29) is 0 Å². The standard InChI is InChI=1S/C30H32N2O4/c1-3-5-6-11-20-32-30(34)36-26-19-17-22-13-8-10-15-24(22)28(26)27-23-14-9-7-12-21(23)16-18-25(27)35-29(33)31-4-2/h7-10,12-19H,3-6,11,20H2,1-2H3,(H,31,33)(H,32,34). The summed E-state index contributed by atoms with van der Waals surface area (Å²) < 4.78 is 11.6. The molecule has 0 saturated heterocycles. The van der Waals surface area contributed by atoms with Crippen LogP contribution in [0, 0.1) is 0 Å². The van der Waals surface area contributed by atoms with Gasteiger partial charge in [0.1, 0.15) is 11.5 Å². The minimum atomic E-state index is -0.540. The normalized spacial score (nSPS) is 10.8. The van der Waals surface area contributed by atoms with Crippen LogP contribution in [0.4, 0.5) is 9.59 Å². The summed E-state index contributed by atoms with van der Waals surface area (Å²) >= 11 is 0. The number of nitrogens with one attached hydrogen (secondary N) is 2. The van der Waals surface area contributed by atoms with Gasteiger partial charge in [-0.1, -0.05) is 86.8 Å². The molecule has 36 heavy (non-hydrogen) atoms. The number of carbonyl (C=O) groups is 2. The molecule has 4 rings (SSSR count). The van der Waals surface area contributed by atoms with E-state index in [2.05, 4.69) is 17.6 Å². The highest BCUT2D eigenvalue weighted by Gasteiger charge is 2.21. The minimum absolute atomic E-state index is 0.390. The summed E-state index contributed by atoms with van der Waals surface area (Å²) in [6.45, 7) is 4.99. The van der Waals surface area contributed by atoms with E-state index in [9.17, 15) is 9.59 Å². The van der Waals surface area contributed by atoms with Gasteiger partial charge >= 0.3 is 12.2 Å². The zero-order valence-corrected chi connectivity index (χ0v) is 20.8. The lowest BCUT2D eigenvalue weighted by atomic mass is 9.92. The predicted molar refractivity (Wildman–Crippen MR) is 145 cm³/mol. The first-order chi connectivity index (χ1) is 17.6. The van der Waals surface area contributed by atoms with Crippen LogP contribution in [0.5, 0.6) is 11.5 Å². The van der Waals surface area contributed by atoms with Crippen LogP contribution < -0.4 is 20.1 Å². The highest BCUT2D eigenvalue weighted by molar-refractivity contribution is 6.10. The molecule has 0 aliphatic heterocycles. The Morgan fingerprint density at radius 2 is 1.17 bits per heavy atom. The first-order valence-corrected chi connectivity index (χ1v) is 12.6. The molecule has 0 heterocycles. The van der Waals surface area contributed by atoms with E-state index in [0.29, 0.717) is 35.7 Å². The number of fused-ring (bicyclic) bond motifs is 2. The van der Waals surface area contributed by atoms with Crippen LogP contribution in [-0.4, -0.2) is 25.3 Å². The van der Waals surface area contributed by atoms with Crippen molar-refractivity contribution < 1.29 is 19.1 Å². The van der Waals surface area contributed by atoms with E-state index in [1.807, 2.05) is 67.6 Å². The third-order valence-corrected chi connectivity index (χ3v) is 6.06. The zero-order chi connectivity index (χ0) is 25.3. The molecule has 0 aromatic heterocycles. The zero-order valence-electron chi connectivity index (χ0n) is 20.8. The van der Waals surface area contributed by atoms with Gasteiger partial charge < -0.3 is 20.1 Å². The van der Waals surface area contributed by atoms with Crippen molar-refractivity contribution in [3.63, 3.8) is 0 Å². The van der Waals surface area contributed by atoms with Gasteiger partial charge in [0.25, 0.3) is 0 Å². The third kappa shape index (κ3) is 5.77. The van der Waals surface area contributed by atoms with Gasteiger partial charge in [0.15, 0.2) is 0 Å². The van der Waals surface area contributed by atoms with Crippen molar-refractivity contribution in [2.45, 2.75) is 39.5 Å². The average Bonchev–Trinajstić information content (AvgIpc) is 2.89. The Labute approximate surface area is 211 Å². The van der Waals surface area contributed by atoms with Crippen LogP contribution in [0.15, 0.2) is 72.8 Å². The number of unbranched alkanes of at least 4 members (excludes halogenated alkanes) is 3. The lowest BCUT2D eigenvalue weighted by Gasteiger charge is -2.18. The summed E-state index contributed by atoms with van der Waals surface area (Å²) in [7, 11) is 0. The second-order valence-electron chi connectivity index (χ2n) is 8.62. The molecule has 0 bridgehead atoms. The summed E-state index contributed by atoms with van der Waals surface area (Å²) in [6, 6.07) is 23.2. The molecule has 4 aromatic carbocycles. The highest BCUT2D eigenvalue weighted by Crippen LogP contribution is 2.45. The van der Waals surface area contributed by atoms with Crippen LogP contribution in [0.25, 0.3) is 32.7 Å². The quantitative estimate of drug-likeness (QED) is 0.242. The van der Waals surface area contributed by atoms with E-state index in [1.54, 1.807) is 12.1 Å². The van der Waals surface area contributed by atoms with E-state index in [4.69, 9.17) is 9.47 Å². The Morgan fingerprint density at radius 3 is 1.69 bits per heavy atom. The molecule has 6 nitrogen and oxygen atoms in total. The molecule has 0 aliphatic rings. The molecular weight excluding hydrogens is 452 g/mol. The predicted octanol–water partition coefficient (Wildman–Crippen LogP) is 7.44. The van der Waals surface area contributed by atoms with Crippen molar-refractivity contribution in [1.29, 1.82) is 0 Å². The number of rotatable bonds is 9. The Balaban J connectivity index is 1.82. The molecule has 0 spiro atoms. The Kier molecular flexibility index (Phi) is 8.40. The van der Waals surface area contributed by atoms with E-state index >= 15 is 0 Å². The summed E-state index contributed by atoms with van der Waals surface area (Å²) in [4.78, 5) is 25.2. The molecule has 4 aromatic rings. The molecule has 0 saturated carbocycles. The van der Waals surface area contributed by atoms with Crippen LogP contribution in [-0.2, 0) is 0 Å². The monoisotopic (exact) mass is 484 g/mol. The van der Waals surface area contributed by atoms with E-state index < -0.39 is 12.2 Å². The smallest absolute Gasteiger partial charge is 0.410 e. The van der Waals surface area contributed by atoms with Gasteiger partial charge in [0.2, 0.25) is 0 Å². The number of carbonyl (C=O) groups excluding carboxylic acids is 2. The fourth-order valence-corrected chi connectivity index (χ4v) is 4.35. The van der Waals surface area contributed by atoms with E-state index in [1.165, 1.54) is 0 Å². The molecule has 0 aliphatic carbocycles.